The van der Waals surface area contributed by atoms with Crippen LogP contribution < -0.4 is 10.6 Å². The van der Waals surface area contributed by atoms with E-state index < -0.39 is 0 Å². The third-order valence-electron chi connectivity index (χ3n) is 3.87. The summed E-state index contributed by atoms with van der Waals surface area (Å²) in [6, 6.07) is 1.92. The van der Waals surface area contributed by atoms with E-state index in [1.165, 1.54) is 32.1 Å². The van der Waals surface area contributed by atoms with Gasteiger partial charge in [-0.05, 0) is 24.3 Å². The molecule has 0 atom stereocenters. The predicted octanol–water partition coefficient (Wildman–Crippen LogP) is 3.15. The number of nitrogens with zero attached hydrogens (tertiary/aromatic N) is 2. The highest BCUT2D eigenvalue weighted by atomic mass is 15.1. The zero-order chi connectivity index (χ0) is 12.8. The lowest BCUT2D eigenvalue weighted by molar-refractivity contribution is 0.282. The van der Waals surface area contributed by atoms with Crippen LogP contribution in [0.25, 0.3) is 0 Å². The molecule has 1 heterocycles. The molecule has 18 heavy (non-hydrogen) atoms. The lowest BCUT2D eigenvalue weighted by Crippen LogP contribution is -2.16. The zero-order valence-corrected chi connectivity index (χ0v) is 11.4. The molecule has 1 saturated carbocycles. The molecule has 0 aliphatic heterocycles. The van der Waals surface area contributed by atoms with Gasteiger partial charge in [0, 0.05) is 19.8 Å². The van der Waals surface area contributed by atoms with E-state index in [1.54, 1.807) is 6.20 Å². The summed E-state index contributed by atoms with van der Waals surface area (Å²) in [5.41, 5.74) is 0. The minimum atomic E-state index is 0.673. The quantitative estimate of drug-likeness (QED) is 0.840. The van der Waals surface area contributed by atoms with Gasteiger partial charge in [0.25, 0.3) is 0 Å². The van der Waals surface area contributed by atoms with Gasteiger partial charge in [-0.2, -0.15) is 4.98 Å². The van der Waals surface area contributed by atoms with Gasteiger partial charge in [-0.3, -0.25) is 0 Å². The van der Waals surface area contributed by atoms with Gasteiger partial charge in [-0.25, -0.2) is 4.98 Å². The first-order valence-corrected chi connectivity index (χ1v) is 7.02. The summed E-state index contributed by atoms with van der Waals surface area (Å²) >= 11 is 0. The molecule has 4 nitrogen and oxygen atoms in total. The van der Waals surface area contributed by atoms with Crippen molar-refractivity contribution in [2.24, 2.45) is 11.8 Å². The zero-order valence-electron chi connectivity index (χ0n) is 11.4. The van der Waals surface area contributed by atoms with Gasteiger partial charge in [-0.15, -0.1) is 0 Å². The number of hydrogen-bond acceptors (Lipinski definition) is 4. The topological polar surface area (TPSA) is 49.8 Å². The van der Waals surface area contributed by atoms with E-state index in [4.69, 9.17) is 0 Å². The number of anilines is 2. The lowest BCUT2D eigenvalue weighted by Gasteiger charge is -2.26. The van der Waals surface area contributed by atoms with E-state index in [0.29, 0.717) is 5.95 Å². The summed E-state index contributed by atoms with van der Waals surface area (Å²) < 4.78 is 0. The second-order valence-electron chi connectivity index (χ2n) is 5.36. The molecular formula is C14H24N4. The molecule has 0 radical (unpaired) electrons. The molecule has 0 bridgehead atoms. The largest absolute Gasteiger partial charge is 0.370 e. The molecule has 1 aliphatic rings. The van der Waals surface area contributed by atoms with E-state index >= 15 is 0 Å². The van der Waals surface area contributed by atoms with Gasteiger partial charge in [0.15, 0.2) is 0 Å². The van der Waals surface area contributed by atoms with Crippen molar-refractivity contribution in [2.75, 3.05) is 24.2 Å². The van der Waals surface area contributed by atoms with Crippen LogP contribution in [0.1, 0.15) is 39.0 Å². The Hall–Kier alpha value is -1.32. The predicted molar refractivity (Wildman–Crippen MR) is 75.8 cm³/mol. The van der Waals surface area contributed by atoms with Gasteiger partial charge in [0.05, 0.1) is 0 Å². The first-order valence-electron chi connectivity index (χ1n) is 7.02. The maximum Gasteiger partial charge on any atom is 0.224 e. The lowest BCUT2D eigenvalue weighted by atomic mass is 9.81. The van der Waals surface area contributed by atoms with Crippen LogP contribution >= 0.6 is 0 Å². The molecule has 1 aromatic heterocycles. The van der Waals surface area contributed by atoms with E-state index in [1.807, 2.05) is 13.1 Å². The first-order chi connectivity index (χ1) is 8.78. The minimum absolute atomic E-state index is 0.673. The molecular weight excluding hydrogens is 224 g/mol. The van der Waals surface area contributed by atoms with Gasteiger partial charge >= 0.3 is 0 Å². The highest BCUT2D eigenvalue weighted by molar-refractivity contribution is 5.38. The van der Waals surface area contributed by atoms with E-state index in [-0.39, 0.29) is 0 Å². The molecule has 100 valence electrons. The maximum atomic E-state index is 4.35. The number of nitrogens with one attached hydrogen (secondary N) is 2. The van der Waals surface area contributed by atoms with Crippen molar-refractivity contribution >= 4 is 11.8 Å². The molecule has 2 rings (SSSR count). The molecule has 0 unspecified atom stereocenters. The van der Waals surface area contributed by atoms with Crippen molar-refractivity contribution in [3.05, 3.63) is 12.3 Å². The Bertz CT molecular complexity index is 359. The van der Waals surface area contributed by atoms with Crippen LogP contribution in [-0.2, 0) is 0 Å². The molecule has 4 heteroatoms. The molecule has 0 amide bonds. The van der Waals surface area contributed by atoms with Crippen molar-refractivity contribution < 1.29 is 0 Å². The van der Waals surface area contributed by atoms with E-state index in [0.717, 1.165) is 24.2 Å². The second-order valence-corrected chi connectivity index (χ2v) is 5.36. The Morgan fingerprint density at radius 3 is 2.78 bits per heavy atom. The normalized spacial score (nSPS) is 23.7. The minimum Gasteiger partial charge on any atom is -0.370 e. The SMILES string of the molecule is CNc1nccc(NCCC2CCC(C)CC2)n1. The average Bonchev–Trinajstić information content (AvgIpc) is 2.41. The summed E-state index contributed by atoms with van der Waals surface area (Å²) in [4.78, 5) is 8.45. The van der Waals surface area contributed by atoms with Crippen molar-refractivity contribution in [1.29, 1.82) is 0 Å². The van der Waals surface area contributed by atoms with Crippen LogP contribution in [0.15, 0.2) is 12.3 Å². The number of rotatable bonds is 5. The molecule has 0 aromatic carbocycles. The molecule has 1 aliphatic carbocycles. The van der Waals surface area contributed by atoms with Crippen LogP contribution in [-0.4, -0.2) is 23.6 Å². The Labute approximate surface area is 110 Å². The first kappa shape index (κ1) is 13.1. The smallest absolute Gasteiger partial charge is 0.224 e. The highest BCUT2D eigenvalue weighted by Gasteiger charge is 2.17. The Balaban J connectivity index is 1.71. The van der Waals surface area contributed by atoms with Crippen LogP contribution in [0.3, 0.4) is 0 Å². The van der Waals surface area contributed by atoms with Crippen LogP contribution in [0.5, 0.6) is 0 Å². The third kappa shape index (κ3) is 3.86. The van der Waals surface area contributed by atoms with Crippen LogP contribution in [0, 0.1) is 11.8 Å². The van der Waals surface area contributed by atoms with Gasteiger partial charge < -0.3 is 10.6 Å². The van der Waals surface area contributed by atoms with Gasteiger partial charge in [0.2, 0.25) is 5.95 Å². The fraction of sp³-hybridized carbons (Fsp3) is 0.714. The maximum absolute atomic E-state index is 4.35. The highest BCUT2D eigenvalue weighted by Crippen LogP contribution is 2.30. The Morgan fingerprint density at radius 1 is 1.28 bits per heavy atom. The Kier molecular flexibility index (Phi) is 4.79. The molecule has 0 saturated heterocycles. The van der Waals surface area contributed by atoms with E-state index in [9.17, 15) is 0 Å². The third-order valence-corrected chi connectivity index (χ3v) is 3.87. The summed E-state index contributed by atoms with van der Waals surface area (Å²) in [5, 5.41) is 6.34. The molecule has 2 N–H and O–H groups in total. The van der Waals surface area contributed by atoms with Gasteiger partial charge in [0.1, 0.15) is 5.82 Å². The van der Waals surface area contributed by atoms with Crippen molar-refractivity contribution in [3.8, 4) is 0 Å². The van der Waals surface area contributed by atoms with Crippen LogP contribution in [0.4, 0.5) is 11.8 Å². The molecule has 1 aromatic rings. The monoisotopic (exact) mass is 248 g/mol. The summed E-state index contributed by atoms with van der Waals surface area (Å²) in [6.07, 6.45) is 8.64. The van der Waals surface area contributed by atoms with Crippen molar-refractivity contribution in [1.82, 2.24) is 9.97 Å². The molecule has 0 spiro atoms. The summed E-state index contributed by atoms with van der Waals surface area (Å²) in [6.45, 7) is 3.38. The summed E-state index contributed by atoms with van der Waals surface area (Å²) in [7, 11) is 1.84. The van der Waals surface area contributed by atoms with Gasteiger partial charge in [-0.1, -0.05) is 32.6 Å². The second kappa shape index (κ2) is 6.57. The number of hydrogen-bond donors (Lipinski definition) is 2. The standard InChI is InChI=1S/C14H24N4/c1-11-3-5-12(6-4-11)7-9-16-13-8-10-17-14(15-2)18-13/h8,10-12H,3-7,9H2,1-2H3,(H2,15,16,17,18). The summed E-state index contributed by atoms with van der Waals surface area (Å²) in [5.74, 6) is 3.43. The van der Waals surface area contributed by atoms with Crippen molar-refractivity contribution in [3.63, 3.8) is 0 Å². The fourth-order valence-electron chi connectivity index (χ4n) is 2.60. The van der Waals surface area contributed by atoms with E-state index in [2.05, 4.69) is 27.5 Å². The Morgan fingerprint density at radius 2 is 2.06 bits per heavy atom. The molecule has 1 fully saturated rings. The number of aromatic nitrogens is 2. The van der Waals surface area contributed by atoms with Crippen LogP contribution in [0.2, 0.25) is 0 Å². The average molecular weight is 248 g/mol. The fourth-order valence-corrected chi connectivity index (χ4v) is 2.60. The van der Waals surface area contributed by atoms with Crippen molar-refractivity contribution in [2.45, 2.75) is 39.0 Å².